The van der Waals surface area contributed by atoms with Gasteiger partial charge in [0.2, 0.25) is 0 Å². The van der Waals surface area contributed by atoms with Crippen molar-refractivity contribution in [3.05, 3.63) is 41.0 Å². The van der Waals surface area contributed by atoms with Crippen LogP contribution in [0.15, 0.2) is 34.6 Å². The smallest absolute Gasteiger partial charge is 0.139 e. The molecule has 2 aromatic rings. The summed E-state index contributed by atoms with van der Waals surface area (Å²) >= 11 is 1.62. The fourth-order valence-electron chi connectivity index (χ4n) is 3.51. The minimum absolute atomic E-state index is 0.256. The predicted molar refractivity (Wildman–Crippen MR) is 105 cm³/mol. The van der Waals surface area contributed by atoms with Crippen molar-refractivity contribution in [1.82, 2.24) is 10.2 Å². The van der Waals surface area contributed by atoms with Crippen molar-refractivity contribution in [2.75, 3.05) is 38.7 Å². The summed E-state index contributed by atoms with van der Waals surface area (Å²) in [6, 6.07) is 7.23. The fourth-order valence-corrected chi connectivity index (χ4v) is 4.31. The Morgan fingerprint density at radius 1 is 1.38 bits per heavy atom. The number of halogens is 1. The Balaban J connectivity index is 1.62. The van der Waals surface area contributed by atoms with Crippen LogP contribution in [0.2, 0.25) is 0 Å². The van der Waals surface area contributed by atoms with E-state index in [1.165, 1.54) is 12.1 Å². The van der Waals surface area contributed by atoms with Gasteiger partial charge in [-0.3, -0.25) is 0 Å². The molecule has 0 bridgehead atoms. The van der Waals surface area contributed by atoms with Gasteiger partial charge in [0.1, 0.15) is 16.7 Å². The van der Waals surface area contributed by atoms with Crippen molar-refractivity contribution in [1.29, 1.82) is 0 Å². The van der Waals surface area contributed by atoms with Crippen LogP contribution < -0.4 is 10.6 Å². The van der Waals surface area contributed by atoms with Crippen LogP contribution in [0.1, 0.15) is 18.4 Å². The molecule has 1 fully saturated rings. The molecule has 1 atom stereocenters. The first-order chi connectivity index (χ1) is 12.7. The molecule has 5 nitrogen and oxygen atoms in total. The quantitative estimate of drug-likeness (QED) is 0.801. The molecule has 2 aliphatic heterocycles. The molecule has 2 aliphatic rings. The van der Waals surface area contributed by atoms with E-state index in [1.54, 1.807) is 24.5 Å². The largest absolute Gasteiger partial charge is 0.385 e. The number of nitrogens with one attached hydrogen (secondary N) is 2. The van der Waals surface area contributed by atoms with Gasteiger partial charge in [-0.1, -0.05) is 0 Å². The van der Waals surface area contributed by atoms with Gasteiger partial charge in [0.05, 0.1) is 16.9 Å². The molecule has 1 aromatic carbocycles. The van der Waals surface area contributed by atoms with E-state index in [9.17, 15) is 4.39 Å². The number of methoxy groups -OCH3 is 1. The minimum atomic E-state index is -0.256. The maximum atomic E-state index is 13.7. The van der Waals surface area contributed by atoms with Crippen LogP contribution in [0.5, 0.6) is 0 Å². The monoisotopic (exact) mass is 374 g/mol. The van der Waals surface area contributed by atoms with Crippen molar-refractivity contribution in [3.8, 4) is 0 Å². The molecule has 2 N–H and O–H groups in total. The predicted octanol–water partition coefficient (Wildman–Crippen LogP) is 3.72. The molecule has 7 heteroatoms. The summed E-state index contributed by atoms with van der Waals surface area (Å²) in [5.41, 5.74) is 2.58. The Morgan fingerprint density at radius 2 is 2.31 bits per heavy atom. The summed E-state index contributed by atoms with van der Waals surface area (Å²) in [6.45, 7) is 3.54. The van der Waals surface area contributed by atoms with E-state index in [-0.39, 0.29) is 5.82 Å². The standard InChI is InChI=1S/C19H23FN4OS/c1-25-9-2-3-14-12-24(8-7-21-14)18-15-6-10-26-19(15)23-17-11-13(20)4-5-16(17)22-18/h4-6,10-11,14,21,23H,2-3,7-9,12H2,1H3/t14-/m0/s1. The summed E-state index contributed by atoms with van der Waals surface area (Å²) in [6.07, 6.45) is 2.12. The van der Waals surface area contributed by atoms with Crippen molar-refractivity contribution in [3.63, 3.8) is 0 Å². The molecule has 3 heterocycles. The van der Waals surface area contributed by atoms with E-state index < -0.39 is 0 Å². The van der Waals surface area contributed by atoms with Gasteiger partial charge in [0, 0.05) is 39.4 Å². The number of fused-ring (bicyclic) bond motifs is 2. The molecular weight excluding hydrogens is 351 g/mol. The number of piperazine rings is 1. The second-order valence-electron chi connectivity index (χ2n) is 6.62. The first-order valence-electron chi connectivity index (χ1n) is 8.95. The highest BCUT2D eigenvalue weighted by atomic mass is 32.1. The molecule has 0 unspecified atom stereocenters. The van der Waals surface area contributed by atoms with Crippen molar-refractivity contribution >= 4 is 33.5 Å². The second-order valence-corrected chi connectivity index (χ2v) is 7.53. The molecule has 26 heavy (non-hydrogen) atoms. The topological polar surface area (TPSA) is 48.9 Å². The molecule has 0 aliphatic carbocycles. The van der Waals surface area contributed by atoms with Crippen LogP contribution in [0.4, 0.5) is 20.8 Å². The van der Waals surface area contributed by atoms with Crippen LogP contribution in [-0.2, 0) is 4.74 Å². The summed E-state index contributed by atoms with van der Waals surface area (Å²) in [4.78, 5) is 7.26. The number of anilines is 2. The van der Waals surface area contributed by atoms with Gasteiger partial charge in [0.15, 0.2) is 0 Å². The van der Waals surface area contributed by atoms with Crippen LogP contribution in [0, 0.1) is 5.82 Å². The van der Waals surface area contributed by atoms with Crippen LogP contribution in [-0.4, -0.2) is 50.1 Å². The Bertz CT molecular complexity index is 807. The molecule has 0 radical (unpaired) electrons. The Hall–Kier alpha value is -1.96. The third kappa shape index (κ3) is 3.60. The zero-order chi connectivity index (χ0) is 17.9. The van der Waals surface area contributed by atoms with Gasteiger partial charge in [-0.15, -0.1) is 11.3 Å². The van der Waals surface area contributed by atoms with Crippen molar-refractivity contribution in [2.45, 2.75) is 18.9 Å². The third-order valence-corrected chi connectivity index (χ3v) is 5.63. The number of aliphatic imine (C=N–C) groups is 1. The van der Waals surface area contributed by atoms with Crippen LogP contribution >= 0.6 is 11.3 Å². The molecule has 1 aromatic heterocycles. The SMILES string of the molecule is COCCC[C@H]1CN(C2=Nc3ccc(F)cc3Nc3sccc32)CCN1. The summed E-state index contributed by atoms with van der Waals surface area (Å²) in [5.74, 6) is 0.714. The lowest BCUT2D eigenvalue weighted by atomic mass is 10.1. The van der Waals surface area contributed by atoms with E-state index >= 15 is 0 Å². The maximum absolute atomic E-state index is 13.7. The van der Waals surface area contributed by atoms with E-state index in [2.05, 4.69) is 27.0 Å². The van der Waals surface area contributed by atoms with Gasteiger partial charge in [-0.2, -0.15) is 0 Å². The number of rotatable bonds is 4. The molecule has 0 amide bonds. The highest BCUT2D eigenvalue weighted by molar-refractivity contribution is 7.14. The number of hydrogen-bond donors (Lipinski definition) is 2. The Labute approximate surface area is 156 Å². The zero-order valence-corrected chi connectivity index (χ0v) is 15.6. The maximum Gasteiger partial charge on any atom is 0.139 e. The molecule has 0 saturated carbocycles. The average molecular weight is 374 g/mol. The number of thiophene rings is 1. The lowest BCUT2D eigenvalue weighted by molar-refractivity contribution is 0.182. The van der Waals surface area contributed by atoms with Crippen molar-refractivity contribution in [2.24, 2.45) is 4.99 Å². The molecule has 138 valence electrons. The first-order valence-corrected chi connectivity index (χ1v) is 9.83. The van der Waals surface area contributed by atoms with E-state index in [4.69, 9.17) is 9.73 Å². The number of ether oxygens (including phenoxy) is 1. The van der Waals surface area contributed by atoms with Gasteiger partial charge in [-0.25, -0.2) is 9.38 Å². The van der Waals surface area contributed by atoms with Crippen LogP contribution in [0.25, 0.3) is 0 Å². The number of hydrogen-bond acceptors (Lipinski definition) is 6. The van der Waals surface area contributed by atoms with Gasteiger partial charge >= 0.3 is 0 Å². The third-order valence-electron chi connectivity index (χ3n) is 4.80. The summed E-state index contributed by atoms with van der Waals surface area (Å²) < 4.78 is 18.8. The molecule has 1 saturated heterocycles. The van der Waals surface area contributed by atoms with E-state index in [1.807, 2.05) is 0 Å². The van der Waals surface area contributed by atoms with Crippen LogP contribution in [0.3, 0.4) is 0 Å². The lowest BCUT2D eigenvalue weighted by Crippen LogP contribution is -2.52. The summed E-state index contributed by atoms with van der Waals surface area (Å²) in [7, 11) is 1.74. The molecule has 4 rings (SSSR count). The number of benzene rings is 1. The van der Waals surface area contributed by atoms with E-state index in [0.717, 1.165) is 66.9 Å². The minimum Gasteiger partial charge on any atom is -0.385 e. The lowest BCUT2D eigenvalue weighted by Gasteiger charge is -2.35. The fraction of sp³-hybridized carbons (Fsp3) is 0.421. The molecular formula is C19H23FN4OS. The van der Waals surface area contributed by atoms with Gasteiger partial charge < -0.3 is 20.3 Å². The Morgan fingerprint density at radius 3 is 3.19 bits per heavy atom. The number of amidine groups is 1. The highest BCUT2D eigenvalue weighted by Gasteiger charge is 2.26. The second kappa shape index (κ2) is 7.73. The average Bonchev–Trinajstić information content (AvgIpc) is 3.04. The first kappa shape index (κ1) is 17.5. The van der Waals surface area contributed by atoms with Gasteiger partial charge in [-0.05, 0) is 42.5 Å². The van der Waals surface area contributed by atoms with Gasteiger partial charge in [0.25, 0.3) is 0 Å². The Kier molecular flexibility index (Phi) is 5.19. The number of nitrogens with zero attached hydrogens (tertiary/aromatic N) is 2. The molecule has 0 spiro atoms. The van der Waals surface area contributed by atoms with Crippen molar-refractivity contribution < 1.29 is 9.13 Å². The normalized spacial score (nSPS) is 19.2. The zero-order valence-electron chi connectivity index (χ0n) is 14.8. The highest BCUT2D eigenvalue weighted by Crippen LogP contribution is 2.38. The summed E-state index contributed by atoms with van der Waals surface area (Å²) in [5, 5.41) is 10.0. The van der Waals surface area contributed by atoms with E-state index in [0.29, 0.717) is 6.04 Å².